The summed E-state index contributed by atoms with van der Waals surface area (Å²) in [5.41, 5.74) is -0.546. The van der Waals surface area contributed by atoms with Gasteiger partial charge in [-0.25, -0.2) is 18.3 Å². The molecule has 0 amide bonds. The van der Waals surface area contributed by atoms with Crippen LogP contribution in [-0.4, -0.2) is 14.6 Å². The van der Waals surface area contributed by atoms with Crippen LogP contribution in [0.1, 0.15) is 50.4 Å². The van der Waals surface area contributed by atoms with Crippen LogP contribution in [0.25, 0.3) is 5.65 Å². The molecular weight excluding hydrogens is 240 g/mol. The van der Waals surface area contributed by atoms with E-state index in [4.69, 9.17) is 0 Å². The molecule has 18 heavy (non-hydrogen) atoms. The standard InChI is InChI=1S/C12H15F2N3O/c1-3-7(4-2)12-15-9-5-8(11(13)14)6-10(18)17(9)16-12/h5-7,11H,3-4H2,1-2H3,(H,15,16). The molecule has 0 saturated carbocycles. The van der Waals surface area contributed by atoms with Gasteiger partial charge in [-0.05, 0) is 18.9 Å². The monoisotopic (exact) mass is 255 g/mol. The molecule has 0 aromatic carbocycles. The molecule has 2 aromatic rings. The number of halogens is 2. The second kappa shape index (κ2) is 4.88. The van der Waals surface area contributed by atoms with Gasteiger partial charge in [-0.1, -0.05) is 13.8 Å². The number of aromatic amines is 1. The third kappa shape index (κ3) is 2.14. The van der Waals surface area contributed by atoms with Gasteiger partial charge in [0.1, 0.15) is 5.82 Å². The number of alkyl halides is 2. The van der Waals surface area contributed by atoms with Crippen LogP contribution in [0.2, 0.25) is 0 Å². The number of nitrogens with zero attached hydrogens (tertiary/aromatic N) is 2. The molecule has 2 aromatic heterocycles. The number of H-pyrrole nitrogens is 1. The molecule has 6 heteroatoms. The number of hydrogen-bond acceptors (Lipinski definition) is 2. The molecule has 1 N–H and O–H groups in total. The summed E-state index contributed by atoms with van der Waals surface area (Å²) in [5, 5.41) is 2.88. The van der Waals surface area contributed by atoms with Crippen LogP contribution in [-0.2, 0) is 0 Å². The molecule has 0 radical (unpaired) electrons. The van der Waals surface area contributed by atoms with Crippen molar-refractivity contribution >= 4 is 5.65 Å². The van der Waals surface area contributed by atoms with Crippen LogP contribution >= 0.6 is 0 Å². The minimum absolute atomic E-state index is 0.208. The number of hydrogen-bond donors (Lipinski definition) is 1. The highest BCUT2D eigenvalue weighted by Gasteiger charge is 2.15. The van der Waals surface area contributed by atoms with E-state index in [2.05, 4.69) is 10.1 Å². The van der Waals surface area contributed by atoms with E-state index in [1.54, 1.807) is 0 Å². The van der Waals surface area contributed by atoms with Crippen molar-refractivity contribution in [1.82, 2.24) is 14.6 Å². The smallest absolute Gasteiger partial charge is 0.271 e. The van der Waals surface area contributed by atoms with Crippen LogP contribution in [0.15, 0.2) is 16.9 Å². The molecule has 0 spiro atoms. The Balaban J connectivity index is 2.57. The first-order valence-electron chi connectivity index (χ1n) is 5.97. The Labute approximate surface area is 103 Å². The fourth-order valence-electron chi connectivity index (χ4n) is 2.02. The Morgan fingerprint density at radius 1 is 1.33 bits per heavy atom. The van der Waals surface area contributed by atoms with Gasteiger partial charge in [0.15, 0.2) is 5.65 Å². The van der Waals surface area contributed by atoms with Gasteiger partial charge in [0.05, 0.1) is 0 Å². The number of rotatable bonds is 4. The molecule has 0 aliphatic heterocycles. The van der Waals surface area contributed by atoms with Crippen LogP contribution < -0.4 is 5.56 Å². The van der Waals surface area contributed by atoms with Crippen LogP contribution in [0, 0.1) is 0 Å². The molecule has 2 heterocycles. The fraction of sp³-hybridized carbons (Fsp3) is 0.500. The zero-order valence-electron chi connectivity index (χ0n) is 10.3. The maximum atomic E-state index is 12.6. The summed E-state index contributed by atoms with van der Waals surface area (Å²) in [7, 11) is 0. The number of nitrogens with one attached hydrogen (secondary N) is 1. The highest BCUT2D eigenvalue weighted by molar-refractivity contribution is 5.41. The van der Waals surface area contributed by atoms with Gasteiger partial charge in [-0.15, -0.1) is 0 Å². The van der Waals surface area contributed by atoms with Crippen LogP contribution in [0.4, 0.5) is 8.78 Å². The lowest BCUT2D eigenvalue weighted by Gasteiger charge is -2.06. The fourth-order valence-corrected chi connectivity index (χ4v) is 2.02. The summed E-state index contributed by atoms with van der Waals surface area (Å²) in [6, 6.07) is 2.18. The summed E-state index contributed by atoms with van der Waals surface area (Å²) in [6.07, 6.45) is -0.893. The van der Waals surface area contributed by atoms with E-state index in [9.17, 15) is 13.6 Å². The zero-order chi connectivity index (χ0) is 13.3. The van der Waals surface area contributed by atoms with Crippen molar-refractivity contribution in [2.75, 3.05) is 0 Å². The molecule has 0 bridgehead atoms. The van der Waals surface area contributed by atoms with Crippen molar-refractivity contribution in [3.05, 3.63) is 33.9 Å². The largest absolute Gasteiger partial charge is 0.276 e. The van der Waals surface area contributed by atoms with Gasteiger partial charge in [0.2, 0.25) is 0 Å². The SMILES string of the molecule is CCC(CC)c1nc2cc(C(F)F)cc(=O)n2[nH]1. The molecule has 2 rings (SSSR count). The van der Waals surface area contributed by atoms with Gasteiger partial charge in [0, 0.05) is 17.5 Å². The van der Waals surface area contributed by atoms with E-state index in [1.807, 2.05) is 13.8 Å². The average Bonchev–Trinajstić information content (AvgIpc) is 2.74. The third-order valence-corrected chi connectivity index (χ3v) is 3.12. The Hall–Kier alpha value is -1.72. The predicted molar refractivity (Wildman–Crippen MR) is 64.1 cm³/mol. The van der Waals surface area contributed by atoms with Gasteiger partial charge in [0.25, 0.3) is 12.0 Å². The Bertz CT molecular complexity index is 599. The lowest BCUT2D eigenvalue weighted by Crippen LogP contribution is -2.14. The minimum atomic E-state index is -2.66. The lowest BCUT2D eigenvalue weighted by atomic mass is 10.0. The normalized spacial score (nSPS) is 11.9. The van der Waals surface area contributed by atoms with Gasteiger partial charge in [-0.3, -0.25) is 9.89 Å². The van der Waals surface area contributed by atoms with Crippen molar-refractivity contribution in [2.24, 2.45) is 0 Å². The molecule has 4 nitrogen and oxygen atoms in total. The second-order valence-corrected chi connectivity index (χ2v) is 4.24. The number of aromatic nitrogens is 3. The Morgan fingerprint density at radius 3 is 2.56 bits per heavy atom. The molecule has 98 valence electrons. The molecule has 0 atom stereocenters. The summed E-state index contributed by atoms with van der Waals surface area (Å²) in [4.78, 5) is 15.9. The van der Waals surface area contributed by atoms with Crippen molar-refractivity contribution in [1.29, 1.82) is 0 Å². The van der Waals surface area contributed by atoms with Crippen molar-refractivity contribution in [3.63, 3.8) is 0 Å². The van der Waals surface area contributed by atoms with Crippen molar-refractivity contribution in [2.45, 2.75) is 39.0 Å². The average molecular weight is 255 g/mol. The van der Waals surface area contributed by atoms with Gasteiger partial charge < -0.3 is 0 Å². The predicted octanol–water partition coefficient (Wildman–Crippen LogP) is 2.86. The Kier molecular flexibility index (Phi) is 3.45. The van der Waals surface area contributed by atoms with E-state index in [1.165, 1.54) is 10.6 Å². The molecule has 0 saturated heterocycles. The summed E-state index contributed by atoms with van der Waals surface area (Å²) >= 11 is 0. The van der Waals surface area contributed by atoms with Crippen LogP contribution in [0.5, 0.6) is 0 Å². The van der Waals surface area contributed by atoms with Gasteiger partial charge >= 0.3 is 0 Å². The van der Waals surface area contributed by atoms with Crippen LogP contribution in [0.3, 0.4) is 0 Å². The van der Waals surface area contributed by atoms with Gasteiger partial charge in [-0.2, -0.15) is 0 Å². The summed E-state index contributed by atoms with van der Waals surface area (Å²) < 4.78 is 26.4. The first kappa shape index (κ1) is 12.7. The van der Waals surface area contributed by atoms with E-state index < -0.39 is 12.0 Å². The summed E-state index contributed by atoms with van der Waals surface area (Å²) in [6.45, 7) is 4.05. The molecule has 0 unspecified atom stereocenters. The van der Waals surface area contributed by atoms with Crippen molar-refractivity contribution < 1.29 is 8.78 Å². The molecular formula is C12H15F2N3O. The van der Waals surface area contributed by atoms with E-state index in [0.29, 0.717) is 5.82 Å². The topological polar surface area (TPSA) is 50.2 Å². The molecule has 0 fully saturated rings. The van der Waals surface area contributed by atoms with Crippen molar-refractivity contribution in [3.8, 4) is 0 Å². The highest BCUT2D eigenvalue weighted by Crippen LogP contribution is 2.21. The van der Waals surface area contributed by atoms with E-state index in [-0.39, 0.29) is 17.1 Å². The first-order chi connectivity index (χ1) is 8.56. The number of pyridine rings is 1. The molecule has 0 aliphatic rings. The second-order valence-electron chi connectivity index (χ2n) is 4.24. The minimum Gasteiger partial charge on any atom is -0.276 e. The maximum Gasteiger partial charge on any atom is 0.271 e. The Morgan fingerprint density at radius 2 is 2.00 bits per heavy atom. The van der Waals surface area contributed by atoms with E-state index >= 15 is 0 Å². The van der Waals surface area contributed by atoms with E-state index in [0.717, 1.165) is 18.9 Å². The zero-order valence-corrected chi connectivity index (χ0v) is 10.3. The quantitative estimate of drug-likeness (QED) is 0.913. The molecule has 0 aliphatic carbocycles. The third-order valence-electron chi connectivity index (χ3n) is 3.12. The maximum absolute atomic E-state index is 12.6. The number of fused-ring (bicyclic) bond motifs is 1. The summed E-state index contributed by atoms with van der Waals surface area (Å²) in [5.74, 6) is 0.878. The lowest BCUT2D eigenvalue weighted by molar-refractivity contribution is 0.151. The highest BCUT2D eigenvalue weighted by atomic mass is 19.3. The first-order valence-corrected chi connectivity index (χ1v) is 5.97.